The van der Waals surface area contributed by atoms with Crippen molar-refractivity contribution in [1.29, 1.82) is 10.5 Å². The van der Waals surface area contributed by atoms with Crippen molar-refractivity contribution in [3.63, 3.8) is 0 Å². The van der Waals surface area contributed by atoms with E-state index in [2.05, 4.69) is 15.9 Å². The molecular formula is C9H6BrN3. The van der Waals surface area contributed by atoms with Crippen LogP contribution >= 0.6 is 15.9 Å². The number of anilines is 1. The third-order valence-corrected chi connectivity index (χ3v) is 2.42. The van der Waals surface area contributed by atoms with Crippen LogP contribution in [-0.2, 0) is 6.42 Å². The molecule has 2 N–H and O–H groups in total. The van der Waals surface area contributed by atoms with E-state index in [9.17, 15) is 0 Å². The van der Waals surface area contributed by atoms with Gasteiger partial charge in [0.2, 0.25) is 0 Å². The zero-order chi connectivity index (χ0) is 9.84. The number of benzene rings is 1. The number of hydrogen-bond acceptors (Lipinski definition) is 3. The largest absolute Gasteiger partial charge is 0.397 e. The van der Waals surface area contributed by atoms with Gasteiger partial charge >= 0.3 is 0 Å². The van der Waals surface area contributed by atoms with Gasteiger partial charge < -0.3 is 5.73 Å². The Labute approximate surface area is 84.5 Å². The molecule has 0 bridgehead atoms. The van der Waals surface area contributed by atoms with Crippen molar-refractivity contribution in [2.45, 2.75) is 6.42 Å². The quantitative estimate of drug-likeness (QED) is 0.757. The second-order valence-electron chi connectivity index (χ2n) is 2.43. The molecule has 1 aromatic rings. The van der Waals surface area contributed by atoms with E-state index in [1.54, 1.807) is 12.1 Å². The molecule has 0 saturated carbocycles. The number of nitrogens with zero attached hydrogens (tertiary/aromatic N) is 2. The van der Waals surface area contributed by atoms with Gasteiger partial charge in [0.1, 0.15) is 6.07 Å². The Morgan fingerprint density at radius 2 is 2.08 bits per heavy atom. The van der Waals surface area contributed by atoms with Crippen LogP contribution in [0.4, 0.5) is 5.69 Å². The summed E-state index contributed by atoms with van der Waals surface area (Å²) in [4.78, 5) is 0. The van der Waals surface area contributed by atoms with E-state index >= 15 is 0 Å². The molecule has 0 fully saturated rings. The molecule has 3 nitrogen and oxygen atoms in total. The van der Waals surface area contributed by atoms with Crippen LogP contribution in [0, 0.1) is 22.7 Å². The number of nitrogen functional groups attached to an aromatic ring is 1. The van der Waals surface area contributed by atoms with Gasteiger partial charge in [0.25, 0.3) is 0 Å². The molecule has 1 rings (SSSR count). The van der Waals surface area contributed by atoms with Gasteiger partial charge in [-0.25, -0.2) is 0 Å². The summed E-state index contributed by atoms with van der Waals surface area (Å²) in [6.07, 6.45) is 0.210. The maximum Gasteiger partial charge on any atom is 0.101 e. The minimum atomic E-state index is 0.210. The topological polar surface area (TPSA) is 73.6 Å². The smallest absolute Gasteiger partial charge is 0.101 e. The Balaban J connectivity index is 3.33. The lowest BCUT2D eigenvalue weighted by molar-refractivity contribution is 1.24. The fourth-order valence-electron chi connectivity index (χ4n) is 0.994. The number of rotatable bonds is 1. The van der Waals surface area contributed by atoms with Crippen LogP contribution in [-0.4, -0.2) is 0 Å². The molecule has 0 spiro atoms. The van der Waals surface area contributed by atoms with Crippen molar-refractivity contribution in [1.82, 2.24) is 0 Å². The molecular weight excluding hydrogens is 230 g/mol. The van der Waals surface area contributed by atoms with Crippen molar-refractivity contribution in [2.24, 2.45) is 0 Å². The summed E-state index contributed by atoms with van der Waals surface area (Å²) in [5.41, 5.74) is 7.16. The fourth-order valence-corrected chi connectivity index (χ4v) is 1.48. The summed E-state index contributed by atoms with van der Waals surface area (Å²) in [5.74, 6) is 0. The lowest BCUT2D eigenvalue weighted by Gasteiger charge is -2.05. The summed E-state index contributed by atoms with van der Waals surface area (Å²) < 4.78 is 0.769. The first-order chi connectivity index (χ1) is 6.20. The van der Waals surface area contributed by atoms with Gasteiger partial charge in [0.05, 0.1) is 23.7 Å². The molecule has 0 aliphatic carbocycles. The standard InChI is InChI=1S/C9H6BrN3/c10-8-2-1-6(5-12)9(13)7(8)3-4-11/h1-2H,3,13H2. The minimum Gasteiger partial charge on any atom is -0.397 e. The first-order valence-corrected chi connectivity index (χ1v) is 4.34. The molecule has 0 aromatic heterocycles. The molecule has 0 heterocycles. The van der Waals surface area contributed by atoms with E-state index in [0.29, 0.717) is 16.8 Å². The number of hydrogen-bond donors (Lipinski definition) is 1. The van der Waals surface area contributed by atoms with Crippen LogP contribution in [0.3, 0.4) is 0 Å². The van der Waals surface area contributed by atoms with Gasteiger partial charge in [-0.2, -0.15) is 10.5 Å². The summed E-state index contributed by atoms with van der Waals surface area (Å²) in [5, 5.41) is 17.2. The monoisotopic (exact) mass is 235 g/mol. The van der Waals surface area contributed by atoms with E-state index in [-0.39, 0.29) is 6.42 Å². The van der Waals surface area contributed by atoms with Crippen LogP contribution in [0.15, 0.2) is 16.6 Å². The highest BCUT2D eigenvalue weighted by Gasteiger charge is 2.07. The molecule has 0 saturated heterocycles. The number of nitriles is 2. The average molecular weight is 236 g/mol. The predicted octanol–water partition coefficient (Wildman–Crippen LogP) is 1.97. The van der Waals surface area contributed by atoms with E-state index < -0.39 is 0 Å². The van der Waals surface area contributed by atoms with Crippen LogP contribution in [0.2, 0.25) is 0 Å². The minimum absolute atomic E-state index is 0.210. The SMILES string of the molecule is N#CCc1c(Br)ccc(C#N)c1N. The van der Waals surface area contributed by atoms with Crippen molar-refractivity contribution in [2.75, 3.05) is 5.73 Å². The van der Waals surface area contributed by atoms with Gasteiger partial charge in [0, 0.05) is 10.0 Å². The summed E-state index contributed by atoms with van der Waals surface area (Å²) in [6.45, 7) is 0. The fraction of sp³-hybridized carbons (Fsp3) is 0.111. The molecule has 0 aliphatic heterocycles. The average Bonchev–Trinajstić information content (AvgIpc) is 2.12. The van der Waals surface area contributed by atoms with Crippen molar-refractivity contribution < 1.29 is 0 Å². The maximum atomic E-state index is 8.67. The van der Waals surface area contributed by atoms with Crippen LogP contribution in [0.1, 0.15) is 11.1 Å². The lowest BCUT2D eigenvalue weighted by Crippen LogP contribution is -1.98. The Bertz CT molecular complexity index is 412. The van der Waals surface area contributed by atoms with Crippen molar-refractivity contribution in [3.8, 4) is 12.1 Å². The molecule has 1 aromatic carbocycles. The van der Waals surface area contributed by atoms with E-state index in [0.717, 1.165) is 4.47 Å². The normalized spacial score (nSPS) is 8.85. The Kier molecular flexibility index (Phi) is 2.89. The lowest BCUT2D eigenvalue weighted by atomic mass is 10.1. The van der Waals surface area contributed by atoms with Gasteiger partial charge in [-0.1, -0.05) is 15.9 Å². The van der Waals surface area contributed by atoms with Crippen molar-refractivity contribution >= 4 is 21.6 Å². The number of nitrogens with two attached hydrogens (primary N) is 1. The molecule has 0 radical (unpaired) electrons. The van der Waals surface area contributed by atoms with E-state index in [1.165, 1.54) is 0 Å². The molecule has 0 atom stereocenters. The predicted molar refractivity (Wildman–Crippen MR) is 52.6 cm³/mol. The van der Waals surface area contributed by atoms with Gasteiger partial charge in [0.15, 0.2) is 0 Å². The Morgan fingerprint density at radius 1 is 1.38 bits per heavy atom. The molecule has 64 valence electrons. The van der Waals surface area contributed by atoms with Crippen LogP contribution in [0.5, 0.6) is 0 Å². The summed E-state index contributed by atoms with van der Waals surface area (Å²) in [7, 11) is 0. The van der Waals surface area contributed by atoms with Gasteiger partial charge in [-0.3, -0.25) is 0 Å². The molecule has 4 heteroatoms. The molecule has 0 aliphatic rings. The Morgan fingerprint density at radius 3 is 2.62 bits per heavy atom. The second kappa shape index (κ2) is 3.93. The second-order valence-corrected chi connectivity index (χ2v) is 3.29. The Hall–Kier alpha value is -1.52. The highest BCUT2D eigenvalue weighted by Crippen LogP contribution is 2.25. The number of halogens is 1. The molecule has 13 heavy (non-hydrogen) atoms. The zero-order valence-corrected chi connectivity index (χ0v) is 8.30. The molecule has 0 unspecified atom stereocenters. The van der Waals surface area contributed by atoms with E-state index in [1.807, 2.05) is 12.1 Å². The molecule has 0 amide bonds. The van der Waals surface area contributed by atoms with E-state index in [4.69, 9.17) is 16.3 Å². The van der Waals surface area contributed by atoms with Gasteiger partial charge in [-0.05, 0) is 12.1 Å². The maximum absolute atomic E-state index is 8.67. The zero-order valence-electron chi connectivity index (χ0n) is 6.71. The van der Waals surface area contributed by atoms with Crippen molar-refractivity contribution in [3.05, 3.63) is 27.7 Å². The first-order valence-electron chi connectivity index (χ1n) is 3.54. The third kappa shape index (κ3) is 1.80. The highest BCUT2D eigenvalue weighted by atomic mass is 79.9. The van der Waals surface area contributed by atoms with Crippen LogP contribution < -0.4 is 5.73 Å². The first kappa shape index (κ1) is 9.57. The highest BCUT2D eigenvalue weighted by molar-refractivity contribution is 9.10. The summed E-state index contributed by atoms with van der Waals surface area (Å²) >= 11 is 3.27. The summed E-state index contributed by atoms with van der Waals surface area (Å²) in [6, 6.07) is 7.31. The third-order valence-electron chi connectivity index (χ3n) is 1.68. The van der Waals surface area contributed by atoms with Gasteiger partial charge in [-0.15, -0.1) is 0 Å². The van der Waals surface area contributed by atoms with Crippen LogP contribution in [0.25, 0.3) is 0 Å².